The van der Waals surface area contributed by atoms with E-state index in [0.29, 0.717) is 17.9 Å². The Labute approximate surface area is 189 Å². The molecule has 0 bridgehead atoms. The summed E-state index contributed by atoms with van der Waals surface area (Å²) in [7, 11) is 0. The molecule has 0 amide bonds. The van der Waals surface area contributed by atoms with Gasteiger partial charge in [0.25, 0.3) is 0 Å². The number of hydrogen-bond acceptors (Lipinski definition) is 3. The molecule has 5 heteroatoms. The van der Waals surface area contributed by atoms with Crippen LogP contribution in [0.5, 0.6) is 5.75 Å². The van der Waals surface area contributed by atoms with Crippen LogP contribution in [-0.2, 0) is 21.4 Å². The third-order valence-electron chi connectivity index (χ3n) is 6.74. The third kappa shape index (κ3) is 4.33. The normalized spacial score (nSPS) is 27.0. The lowest BCUT2D eigenvalue weighted by Gasteiger charge is -2.50. The van der Waals surface area contributed by atoms with E-state index in [-0.39, 0.29) is 17.4 Å². The van der Waals surface area contributed by atoms with E-state index in [1.54, 1.807) is 0 Å². The van der Waals surface area contributed by atoms with Crippen LogP contribution in [0.2, 0.25) is 5.02 Å². The Morgan fingerprint density at radius 3 is 2.58 bits per heavy atom. The smallest absolute Gasteiger partial charge is 0.309 e. The standard InChI is InChI=1S/C26H31ClO4/c1-25(2,3)16-9-10-18-22(13-16)31-26(4,5)20-14-19(24(28)29)21(30-23(18)20)12-15-7-6-8-17(27)11-15/h6-11,13,19-21,23H,12,14H2,1-5H3,(H,28,29)/t19?,20-,21-,23+/m1/s1. The van der Waals surface area contributed by atoms with E-state index in [1.807, 2.05) is 38.1 Å². The van der Waals surface area contributed by atoms with E-state index < -0.39 is 23.6 Å². The van der Waals surface area contributed by atoms with Gasteiger partial charge in [0.2, 0.25) is 0 Å². The molecule has 0 radical (unpaired) electrons. The van der Waals surface area contributed by atoms with Crippen molar-refractivity contribution in [3.05, 3.63) is 64.2 Å². The molecule has 1 unspecified atom stereocenters. The first-order chi connectivity index (χ1) is 14.5. The molecule has 0 aromatic heterocycles. The highest BCUT2D eigenvalue weighted by Gasteiger charge is 2.52. The maximum Gasteiger partial charge on any atom is 0.309 e. The highest BCUT2D eigenvalue weighted by atomic mass is 35.5. The van der Waals surface area contributed by atoms with Crippen LogP contribution in [0.25, 0.3) is 0 Å². The van der Waals surface area contributed by atoms with Crippen molar-refractivity contribution >= 4 is 17.6 Å². The number of halogens is 1. The van der Waals surface area contributed by atoms with Crippen LogP contribution in [0.1, 0.15) is 63.8 Å². The van der Waals surface area contributed by atoms with Crippen LogP contribution in [-0.4, -0.2) is 22.8 Å². The van der Waals surface area contributed by atoms with Gasteiger partial charge in [-0.2, -0.15) is 0 Å². The predicted molar refractivity (Wildman–Crippen MR) is 122 cm³/mol. The van der Waals surface area contributed by atoms with Gasteiger partial charge in [-0.25, -0.2) is 0 Å². The molecule has 31 heavy (non-hydrogen) atoms. The Hall–Kier alpha value is -2.04. The van der Waals surface area contributed by atoms with Crippen molar-refractivity contribution < 1.29 is 19.4 Å². The van der Waals surface area contributed by atoms with Crippen molar-refractivity contribution in [1.82, 2.24) is 0 Å². The second-order valence-corrected chi connectivity index (χ2v) is 10.9. The van der Waals surface area contributed by atoms with Gasteiger partial charge in [-0.3, -0.25) is 4.79 Å². The van der Waals surface area contributed by atoms with Crippen molar-refractivity contribution in [1.29, 1.82) is 0 Å². The molecule has 2 aliphatic heterocycles. The lowest BCUT2D eigenvalue weighted by molar-refractivity contribution is -0.187. The quantitative estimate of drug-likeness (QED) is 0.614. The van der Waals surface area contributed by atoms with Crippen molar-refractivity contribution in [2.45, 2.75) is 70.7 Å². The summed E-state index contributed by atoms with van der Waals surface area (Å²) in [5, 5.41) is 10.6. The van der Waals surface area contributed by atoms with E-state index in [1.165, 1.54) is 5.56 Å². The van der Waals surface area contributed by atoms with Crippen molar-refractivity contribution in [2.24, 2.45) is 11.8 Å². The molecular formula is C26H31ClO4. The lowest BCUT2D eigenvalue weighted by atomic mass is 9.71. The average molecular weight is 443 g/mol. The summed E-state index contributed by atoms with van der Waals surface area (Å²) in [4.78, 5) is 12.2. The molecule has 1 N–H and O–H groups in total. The summed E-state index contributed by atoms with van der Waals surface area (Å²) < 4.78 is 13.0. The number of benzene rings is 2. The number of ether oxygens (including phenoxy) is 2. The number of aliphatic carboxylic acids is 1. The van der Waals surface area contributed by atoms with Crippen molar-refractivity contribution in [2.75, 3.05) is 0 Å². The molecule has 0 aliphatic carbocycles. The Morgan fingerprint density at radius 2 is 1.94 bits per heavy atom. The number of carbonyl (C=O) groups is 1. The van der Waals surface area contributed by atoms with E-state index in [0.717, 1.165) is 16.9 Å². The highest BCUT2D eigenvalue weighted by molar-refractivity contribution is 6.30. The third-order valence-corrected chi connectivity index (χ3v) is 6.97. The predicted octanol–water partition coefficient (Wildman–Crippen LogP) is 6.20. The van der Waals surface area contributed by atoms with Gasteiger partial charge in [-0.1, -0.05) is 56.6 Å². The number of rotatable bonds is 3. The van der Waals surface area contributed by atoms with Gasteiger partial charge in [-0.05, 0) is 61.4 Å². The van der Waals surface area contributed by atoms with Gasteiger partial charge in [0.05, 0.1) is 18.1 Å². The second kappa shape index (κ2) is 7.83. The fraction of sp³-hybridized carbons (Fsp3) is 0.500. The first-order valence-corrected chi connectivity index (χ1v) is 11.3. The Kier molecular flexibility index (Phi) is 5.60. The molecule has 4 rings (SSSR count). The first kappa shape index (κ1) is 22.2. The zero-order valence-electron chi connectivity index (χ0n) is 18.8. The summed E-state index contributed by atoms with van der Waals surface area (Å²) in [5.74, 6) is -0.625. The van der Waals surface area contributed by atoms with E-state index in [9.17, 15) is 9.90 Å². The van der Waals surface area contributed by atoms with Gasteiger partial charge in [0.1, 0.15) is 11.4 Å². The molecule has 0 saturated carbocycles. The van der Waals surface area contributed by atoms with Crippen LogP contribution in [0.3, 0.4) is 0 Å². The number of carboxylic acid groups (broad SMARTS) is 1. The van der Waals surface area contributed by atoms with Crippen LogP contribution in [0, 0.1) is 11.8 Å². The summed E-state index contributed by atoms with van der Waals surface area (Å²) in [6.45, 7) is 10.6. The molecule has 2 heterocycles. The topological polar surface area (TPSA) is 55.8 Å². The van der Waals surface area contributed by atoms with E-state index in [2.05, 4.69) is 39.0 Å². The molecule has 4 nitrogen and oxygen atoms in total. The van der Waals surface area contributed by atoms with E-state index >= 15 is 0 Å². The summed E-state index contributed by atoms with van der Waals surface area (Å²) in [6.07, 6.45) is 0.393. The summed E-state index contributed by atoms with van der Waals surface area (Å²) >= 11 is 6.15. The summed E-state index contributed by atoms with van der Waals surface area (Å²) in [6, 6.07) is 13.9. The Balaban J connectivity index is 1.71. The van der Waals surface area contributed by atoms with Gasteiger partial charge in [0.15, 0.2) is 0 Å². The van der Waals surface area contributed by atoms with Gasteiger partial charge in [-0.15, -0.1) is 0 Å². The number of fused-ring (bicyclic) bond motifs is 3. The largest absolute Gasteiger partial charge is 0.487 e. The maximum atomic E-state index is 12.2. The maximum absolute atomic E-state index is 12.2. The molecule has 166 valence electrons. The molecular weight excluding hydrogens is 412 g/mol. The van der Waals surface area contributed by atoms with Crippen LogP contribution >= 0.6 is 11.6 Å². The number of hydrogen-bond donors (Lipinski definition) is 1. The fourth-order valence-corrected chi connectivity index (χ4v) is 5.11. The van der Waals surface area contributed by atoms with E-state index in [4.69, 9.17) is 21.1 Å². The molecule has 4 atom stereocenters. The minimum Gasteiger partial charge on any atom is -0.487 e. The minimum absolute atomic E-state index is 0.0102. The second-order valence-electron chi connectivity index (χ2n) is 10.4. The minimum atomic E-state index is -0.824. The molecule has 2 aromatic carbocycles. The zero-order valence-corrected chi connectivity index (χ0v) is 19.6. The Bertz CT molecular complexity index is 991. The Morgan fingerprint density at radius 1 is 1.19 bits per heavy atom. The molecule has 2 aliphatic rings. The molecule has 1 fully saturated rings. The SMILES string of the molecule is CC(C)(C)c1ccc2c(c1)OC(C)(C)[C@@H]1CC(C(=O)O)[C@@H](Cc3cccc(Cl)c3)O[C@@H]21. The van der Waals surface area contributed by atoms with Crippen LogP contribution in [0.15, 0.2) is 42.5 Å². The zero-order chi connectivity index (χ0) is 22.6. The average Bonchev–Trinajstić information content (AvgIpc) is 2.66. The molecule has 2 aromatic rings. The van der Waals surface area contributed by atoms with Gasteiger partial charge < -0.3 is 14.6 Å². The molecule has 0 spiro atoms. The molecule has 1 saturated heterocycles. The van der Waals surface area contributed by atoms with Gasteiger partial charge in [0, 0.05) is 16.5 Å². The summed E-state index contributed by atoms with van der Waals surface area (Å²) in [5.41, 5.74) is 2.68. The monoisotopic (exact) mass is 442 g/mol. The van der Waals surface area contributed by atoms with Crippen LogP contribution < -0.4 is 4.74 Å². The first-order valence-electron chi connectivity index (χ1n) is 10.9. The van der Waals surface area contributed by atoms with Gasteiger partial charge >= 0.3 is 5.97 Å². The van der Waals surface area contributed by atoms with Crippen LogP contribution in [0.4, 0.5) is 0 Å². The fourth-order valence-electron chi connectivity index (χ4n) is 4.90. The lowest BCUT2D eigenvalue weighted by Crippen LogP contribution is -2.52. The number of carboxylic acids is 1. The van der Waals surface area contributed by atoms with Crippen molar-refractivity contribution in [3.8, 4) is 5.75 Å². The highest BCUT2D eigenvalue weighted by Crippen LogP contribution is 2.52. The van der Waals surface area contributed by atoms with Crippen molar-refractivity contribution in [3.63, 3.8) is 0 Å².